The largest absolute Gasteiger partial charge is 0.371 e. The van der Waals surface area contributed by atoms with Gasteiger partial charge in [0.15, 0.2) is 5.78 Å². The Hall–Kier alpha value is -3.22. The van der Waals surface area contributed by atoms with E-state index >= 15 is 0 Å². The highest BCUT2D eigenvalue weighted by Crippen LogP contribution is 2.47. The molecule has 0 saturated carbocycles. The monoisotopic (exact) mass is 535 g/mol. The highest BCUT2D eigenvalue weighted by atomic mass is 16.1. The third-order valence-electron chi connectivity index (χ3n) is 9.94. The maximum atomic E-state index is 14.3. The zero-order chi connectivity index (χ0) is 27.4. The first-order valence-corrected chi connectivity index (χ1v) is 15.2. The molecule has 4 aliphatic rings. The Morgan fingerprint density at radius 3 is 2.58 bits per heavy atom. The van der Waals surface area contributed by atoms with Crippen molar-refractivity contribution in [2.45, 2.75) is 64.0 Å². The molecule has 1 aromatic heterocycles. The van der Waals surface area contributed by atoms with Gasteiger partial charge in [-0.2, -0.15) is 0 Å². The maximum absolute atomic E-state index is 14.3. The minimum Gasteiger partial charge on any atom is -0.371 e. The Balaban J connectivity index is 1.32. The molecule has 0 atom stereocenters. The van der Waals surface area contributed by atoms with E-state index in [1.807, 2.05) is 0 Å². The van der Waals surface area contributed by atoms with Crippen molar-refractivity contribution < 1.29 is 4.79 Å². The molecule has 0 amide bonds. The van der Waals surface area contributed by atoms with Crippen molar-refractivity contribution in [3.8, 4) is 0 Å². The van der Waals surface area contributed by atoms with E-state index in [9.17, 15) is 4.79 Å². The zero-order valence-electron chi connectivity index (χ0n) is 24.0. The van der Waals surface area contributed by atoms with Crippen LogP contribution in [-0.4, -0.2) is 67.7 Å². The van der Waals surface area contributed by atoms with Crippen molar-refractivity contribution in [3.63, 3.8) is 0 Å². The highest BCUT2D eigenvalue weighted by Gasteiger charge is 2.41. The van der Waals surface area contributed by atoms with Crippen LogP contribution < -0.4 is 10.2 Å². The summed E-state index contributed by atoms with van der Waals surface area (Å²) in [4.78, 5) is 27.4. The molecule has 4 heterocycles. The quantitative estimate of drug-likeness (QED) is 0.413. The van der Waals surface area contributed by atoms with Crippen molar-refractivity contribution in [3.05, 3.63) is 69.9 Å². The number of anilines is 1. The molecule has 6 nitrogen and oxygen atoms in total. The molecule has 3 aliphatic heterocycles. The molecular formula is C34H41N5O. The summed E-state index contributed by atoms with van der Waals surface area (Å²) in [5.74, 6) is 0.139. The molecular weight excluding hydrogens is 494 g/mol. The number of piperidine rings is 1. The molecule has 3 aromatic rings. The molecule has 208 valence electrons. The number of aliphatic imine (C=N–C) groups is 1. The Labute approximate surface area is 237 Å². The van der Waals surface area contributed by atoms with Gasteiger partial charge < -0.3 is 20.1 Å². The first-order valence-electron chi connectivity index (χ1n) is 15.2. The van der Waals surface area contributed by atoms with Gasteiger partial charge in [-0.25, -0.2) is 0 Å². The fraction of sp³-hybridized carbons (Fsp3) is 0.471. The Morgan fingerprint density at radius 1 is 1.05 bits per heavy atom. The first-order chi connectivity index (χ1) is 19.5. The number of H-pyrrole nitrogens is 1. The summed E-state index contributed by atoms with van der Waals surface area (Å²) in [7, 11) is 0. The number of hydrogen-bond donors (Lipinski definition) is 2. The smallest absolute Gasteiger partial charge is 0.195 e. The lowest BCUT2D eigenvalue weighted by Gasteiger charge is -2.40. The van der Waals surface area contributed by atoms with Crippen LogP contribution in [0.1, 0.15) is 84.3 Å². The molecule has 2 N–H and O–H groups in total. The summed E-state index contributed by atoms with van der Waals surface area (Å²) in [5, 5.41) is 4.47. The minimum absolute atomic E-state index is 0.139. The van der Waals surface area contributed by atoms with Gasteiger partial charge in [-0.1, -0.05) is 32.1 Å². The van der Waals surface area contributed by atoms with E-state index in [0.717, 1.165) is 71.5 Å². The maximum Gasteiger partial charge on any atom is 0.195 e. The van der Waals surface area contributed by atoms with Gasteiger partial charge in [0.1, 0.15) is 0 Å². The van der Waals surface area contributed by atoms with Crippen molar-refractivity contribution in [1.29, 1.82) is 0 Å². The Kier molecular flexibility index (Phi) is 6.43. The molecule has 6 heteroatoms. The molecule has 0 bridgehead atoms. The number of carbonyl (C=O) groups excluding carboxylic acids is 1. The van der Waals surface area contributed by atoms with Crippen LogP contribution in [0.25, 0.3) is 16.5 Å². The first kappa shape index (κ1) is 25.7. The van der Waals surface area contributed by atoms with Crippen LogP contribution in [0.3, 0.4) is 0 Å². The predicted molar refractivity (Wildman–Crippen MR) is 165 cm³/mol. The average Bonchev–Trinajstić information content (AvgIpc) is 3.65. The van der Waals surface area contributed by atoms with Crippen LogP contribution in [0.4, 0.5) is 5.69 Å². The van der Waals surface area contributed by atoms with Gasteiger partial charge in [-0.3, -0.25) is 9.79 Å². The number of fused-ring (bicyclic) bond motifs is 4. The van der Waals surface area contributed by atoms with Crippen LogP contribution in [0.15, 0.2) is 41.4 Å². The van der Waals surface area contributed by atoms with Crippen molar-refractivity contribution >= 4 is 34.7 Å². The van der Waals surface area contributed by atoms with Crippen LogP contribution in [-0.2, 0) is 12.0 Å². The molecule has 0 radical (unpaired) electrons. The number of aromatic nitrogens is 1. The van der Waals surface area contributed by atoms with Gasteiger partial charge in [0, 0.05) is 64.5 Å². The van der Waals surface area contributed by atoms with Crippen molar-refractivity contribution in [2.75, 3.05) is 44.2 Å². The van der Waals surface area contributed by atoms with Gasteiger partial charge in [0.2, 0.25) is 0 Å². The Bertz CT molecular complexity index is 1510. The van der Waals surface area contributed by atoms with Crippen LogP contribution in [0.5, 0.6) is 0 Å². The number of aromatic amines is 1. The number of nitrogens with zero attached hydrogens (tertiary/aromatic N) is 3. The van der Waals surface area contributed by atoms with E-state index in [2.05, 4.69) is 82.1 Å². The summed E-state index contributed by atoms with van der Waals surface area (Å²) >= 11 is 0. The van der Waals surface area contributed by atoms with E-state index < -0.39 is 0 Å². The molecule has 40 heavy (non-hydrogen) atoms. The van der Waals surface area contributed by atoms with Crippen LogP contribution in [0, 0.1) is 0 Å². The lowest BCUT2D eigenvalue weighted by Crippen LogP contribution is -2.44. The van der Waals surface area contributed by atoms with Crippen molar-refractivity contribution in [2.24, 2.45) is 4.99 Å². The van der Waals surface area contributed by atoms with Gasteiger partial charge >= 0.3 is 0 Å². The third-order valence-corrected chi connectivity index (χ3v) is 9.94. The topological polar surface area (TPSA) is 63.7 Å². The third kappa shape index (κ3) is 4.15. The Morgan fingerprint density at radius 2 is 1.85 bits per heavy atom. The number of hydrogen-bond acceptors (Lipinski definition) is 5. The molecule has 1 aliphatic carbocycles. The number of rotatable bonds is 5. The van der Waals surface area contributed by atoms with E-state index in [1.165, 1.54) is 55.6 Å². The fourth-order valence-electron chi connectivity index (χ4n) is 7.70. The second-order valence-corrected chi connectivity index (χ2v) is 12.7. The number of carbonyl (C=O) groups is 1. The summed E-state index contributed by atoms with van der Waals surface area (Å²) in [6.45, 7) is 15.3. The number of ketones is 1. The molecule has 0 unspecified atom stereocenters. The summed E-state index contributed by atoms with van der Waals surface area (Å²) < 4.78 is 0. The molecule has 0 spiro atoms. The molecule has 7 rings (SSSR count). The normalized spacial score (nSPS) is 21.4. The molecule has 2 aromatic carbocycles. The number of nitrogens with one attached hydrogen (secondary N) is 2. The van der Waals surface area contributed by atoms with E-state index in [0.29, 0.717) is 12.6 Å². The van der Waals surface area contributed by atoms with Gasteiger partial charge in [-0.15, -0.1) is 0 Å². The number of benzene rings is 2. The van der Waals surface area contributed by atoms with E-state index in [1.54, 1.807) is 0 Å². The molecule has 2 fully saturated rings. The number of likely N-dealkylation sites (tertiary alicyclic amines) is 1. The van der Waals surface area contributed by atoms with Gasteiger partial charge in [0.25, 0.3) is 0 Å². The SMILES string of the molecule is C=NCc1ccc2c3c([nH]c2c1)C(C)(C)c1cc(N2CCC(N4CCCC4)CC2)c(C2=CCNCC2)cc1C3=O. The second kappa shape index (κ2) is 10.0. The van der Waals surface area contributed by atoms with E-state index in [4.69, 9.17) is 0 Å². The van der Waals surface area contributed by atoms with Gasteiger partial charge in [-0.05, 0) is 93.4 Å². The summed E-state index contributed by atoms with van der Waals surface area (Å²) in [6, 6.07) is 11.6. The standard InChI is InChI=1S/C34H41N5O/c1-34(2)28-20-30(39-16-10-24(11-17-39)38-14-4-5-15-38)26(23-8-12-36-13-9-23)19-27(28)32(40)31-25-7-6-22(21-35-3)18-29(25)37-33(31)34/h6-8,18-20,24,36-37H,3-5,9-17,21H2,1-2H3. The van der Waals surface area contributed by atoms with E-state index in [-0.39, 0.29) is 11.2 Å². The fourth-order valence-corrected chi connectivity index (χ4v) is 7.70. The summed E-state index contributed by atoms with van der Waals surface area (Å²) in [6.07, 6.45) is 8.45. The lowest BCUT2D eigenvalue weighted by atomic mass is 9.70. The molecule has 2 saturated heterocycles. The van der Waals surface area contributed by atoms with Crippen molar-refractivity contribution in [1.82, 2.24) is 15.2 Å². The highest BCUT2D eigenvalue weighted by molar-refractivity contribution is 6.20. The predicted octanol–water partition coefficient (Wildman–Crippen LogP) is 5.68. The van der Waals surface area contributed by atoms with Gasteiger partial charge in [0.05, 0.1) is 12.1 Å². The lowest BCUT2D eigenvalue weighted by molar-refractivity contribution is 0.103. The second-order valence-electron chi connectivity index (χ2n) is 12.7. The zero-order valence-corrected chi connectivity index (χ0v) is 24.0. The van der Waals surface area contributed by atoms with Crippen LogP contribution in [0.2, 0.25) is 0 Å². The average molecular weight is 536 g/mol. The summed E-state index contributed by atoms with van der Waals surface area (Å²) in [5.41, 5.74) is 9.58. The van der Waals surface area contributed by atoms with Crippen LogP contribution >= 0.6 is 0 Å². The minimum atomic E-state index is -0.321.